The number of amides is 2. The molecule has 2 atom stereocenters. The third-order valence-corrected chi connectivity index (χ3v) is 9.90. The minimum Gasteiger partial charge on any atom is -0.467 e. The van der Waals surface area contributed by atoms with Crippen LogP contribution < -0.4 is 10.6 Å². The molecule has 5 aromatic rings. The number of ketones is 1. The summed E-state index contributed by atoms with van der Waals surface area (Å²) in [6.07, 6.45) is 0.220. The molecule has 0 bridgehead atoms. The molecule has 6 rings (SSSR count). The van der Waals surface area contributed by atoms with Crippen LogP contribution in [0.1, 0.15) is 120 Å². The fraction of sp³-hybridized carbons (Fsp3) is 0.446. The number of cyclic esters (lactones) is 2. The van der Waals surface area contributed by atoms with Crippen molar-refractivity contribution in [1.29, 1.82) is 0 Å². The average Bonchev–Trinajstić information content (AvgIpc) is 3.95. The van der Waals surface area contributed by atoms with Crippen molar-refractivity contribution in [3.05, 3.63) is 108 Å². The molecule has 1 saturated heterocycles. The van der Waals surface area contributed by atoms with Crippen LogP contribution in [0.4, 0.5) is 19.2 Å². The predicted molar refractivity (Wildman–Crippen MR) is 281 cm³/mol. The second-order valence-electron chi connectivity index (χ2n) is 21.2. The summed E-state index contributed by atoms with van der Waals surface area (Å²) in [7, 11) is 1.17. The maximum absolute atomic E-state index is 12.8. The maximum atomic E-state index is 12.8. The number of para-hydroxylation sites is 2. The number of aromatic nitrogens is 2. The van der Waals surface area contributed by atoms with Crippen LogP contribution in [-0.4, -0.2) is 105 Å². The van der Waals surface area contributed by atoms with Crippen LogP contribution in [-0.2, 0) is 76.6 Å². The van der Waals surface area contributed by atoms with Gasteiger partial charge in [-0.05, 0) is 112 Å². The van der Waals surface area contributed by atoms with Gasteiger partial charge in [0.25, 0.3) is 0 Å². The molecule has 0 radical (unpaired) electrons. The molecule has 0 aliphatic carbocycles. The van der Waals surface area contributed by atoms with Crippen molar-refractivity contribution >= 4 is 75.8 Å². The van der Waals surface area contributed by atoms with Gasteiger partial charge in [0.2, 0.25) is 0 Å². The number of ether oxygens (including phenoxy) is 7. The Bertz CT molecular complexity index is 2870. The molecule has 2 amide bonds. The van der Waals surface area contributed by atoms with Gasteiger partial charge in [-0.3, -0.25) is 23.5 Å². The molecule has 1 aliphatic rings. The number of nitrogens with zero attached hydrogens (tertiary/aromatic N) is 2. The quantitative estimate of drug-likeness (QED) is 0.0709. The highest BCUT2D eigenvalue weighted by atomic mass is 16.6. The number of nitrogens with one attached hydrogen (secondary N) is 2. The van der Waals surface area contributed by atoms with E-state index in [1.54, 1.807) is 99.0 Å². The summed E-state index contributed by atoms with van der Waals surface area (Å²) in [5.41, 5.74) is 0.883. The Morgan fingerprint density at radius 3 is 1.51 bits per heavy atom. The Balaban J connectivity index is 0.000000318. The van der Waals surface area contributed by atoms with Crippen LogP contribution in [0.15, 0.2) is 91.3 Å². The summed E-state index contributed by atoms with van der Waals surface area (Å²) < 4.78 is 38.2. The molecule has 2 aromatic heterocycles. The largest absolute Gasteiger partial charge is 0.467 e. The Labute approximate surface area is 443 Å². The molecular formula is C56H72N4O16. The molecule has 20 nitrogen and oxygen atoms in total. The van der Waals surface area contributed by atoms with Gasteiger partial charge in [-0.1, -0.05) is 74.2 Å². The first-order valence-electron chi connectivity index (χ1n) is 24.0. The number of hydrogen-bond acceptors (Lipinski definition) is 16. The second kappa shape index (κ2) is 26.5. The number of esters is 4. The summed E-state index contributed by atoms with van der Waals surface area (Å²) in [6.45, 7) is 21.1. The fourth-order valence-electron chi connectivity index (χ4n) is 6.98. The third kappa shape index (κ3) is 20.4. The smallest absolute Gasteiger partial charge is 0.419 e. The van der Waals surface area contributed by atoms with Crippen LogP contribution >= 0.6 is 0 Å². The molecule has 1 fully saturated rings. The zero-order valence-electron chi connectivity index (χ0n) is 44.8. The van der Waals surface area contributed by atoms with E-state index in [1.807, 2.05) is 75.4 Å². The molecule has 3 aromatic carbocycles. The molecule has 3 heterocycles. The first kappa shape index (κ1) is 62.3. The van der Waals surface area contributed by atoms with Crippen molar-refractivity contribution in [3.8, 4) is 0 Å². The van der Waals surface area contributed by atoms with Gasteiger partial charge < -0.3 is 43.8 Å². The van der Waals surface area contributed by atoms with Crippen molar-refractivity contribution in [3.63, 3.8) is 0 Å². The van der Waals surface area contributed by atoms with E-state index in [0.29, 0.717) is 22.0 Å². The summed E-state index contributed by atoms with van der Waals surface area (Å²) in [4.78, 5) is 107. The van der Waals surface area contributed by atoms with E-state index in [0.717, 1.165) is 16.5 Å². The van der Waals surface area contributed by atoms with Gasteiger partial charge in [0, 0.05) is 36.0 Å². The number of benzene rings is 3. The second-order valence-corrected chi connectivity index (χ2v) is 21.2. The van der Waals surface area contributed by atoms with Gasteiger partial charge in [-0.2, -0.15) is 0 Å². The van der Waals surface area contributed by atoms with E-state index in [1.165, 1.54) is 16.2 Å². The van der Waals surface area contributed by atoms with Gasteiger partial charge in [-0.25, -0.2) is 28.8 Å². The minimum atomic E-state index is -1.20. The van der Waals surface area contributed by atoms with Crippen LogP contribution in [0.2, 0.25) is 0 Å². The molecule has 0 spiro atoms. The molecule has 2 unspecified atom stereocenters. The molecule has 2 N–H and O–H groups in total. The maximum Gasteiger partial charge on any atom is 0.419 e. The minimum absolute atomic E-state index is 0. The average molecular weight is 1060 g/mol. The predicted octanol–water partition coefficient (Wildman–Crippen LogP) is 9.69. The number of rotatable bonds is 11. The normalized spacial score (nSPS) is 13.7. The molecule has 0 saturated carbocycles. The Hall–Kier alpha value is -8.03. The van der Waals surface area contributed by atoms with Crippen molar-refractivity contribution in [1.82, 2.24) is 19.8 Å². The molecule has 20 heteroatoms. The van der Waals surface area contributed by atoms with Crippen molar-refractivity contribution in [2.45, 2.75) is 157 Å². The number of fused-ring (bicyclic) bond motifs is 2. The highest BCUT2D eigenvalue weighted by molar-refractivity contribution is 5.99. The monoisotopic (exact) mass is 1060 g/mol. The molecule has 76 heavy (non-hydrogen) atoms. The van der Waals surface area contributed by atoms with E-state index >= 15 is 0 Å². The number of carbonyl (C=O) groups excluding carboxylic acids is 9. The van der Waals surface area contributed by atoms with Gasteiger partial charge in [-0.15, -0.1) is 0 Å². The van der Waals surface area contributed by atoms with Crippen molar-refractivity contribution < 1.29 is 76.3 Å². The van der Waals surface area contributed by atoms with E-state index in [9.17, 15) is 43.2 Å². The summed E-state index contributed by atoms with van der Waals surface area (Å²) >= 11 is 0. The van der Waals surface area contributed by atoms with Crippen molar-refractivity contribution in [2.75, 3.05) is 7.11 Å². The van der Waals surface area contributed by atoms with Crippen molar-refractivity contribution in [2.24, 2.45) is 0 Å². The lowest BCUT2D eigenvalue weighted by Gasteiger charge is -2.22. The number of hydrogen-bond donors (Lipinski definition) is 2. The number of Topliss-reactive ketones (excluding diaryl/α,β-unsaturated/α-hetero) is 1. The van der Waals surface area contributed by atoms with Crippen LogP contribution in [0.25, 0.3) is 21.8 Å². The fourth-order valence-corrected chi connectivity index (χ4v) is 6.98. The SMILES string of the molecule is C.CC(C)(C)OC(=O)NC1CC(=O)OC1=O.CC(C)(C)OC(=O)n1cc(CC(=O)OCc2ccccc2)c2ccccc21.COC(=O)C(CC(=O)Cc1cn(C(=O)OC(C)(C)C)c2ccccc12)NC(=O)OC(C)(C)C. The number of alkyl carbamates (subject to hydrolysis) is 2. The zero-order valence-corrected chi connectivity index (χ0v) is 44.8. The molecule has 412 valence electrons. The van der Waals surface area contributed by atoms with E-state index in [-0.39, 0.29) is 51.5 Å². The lowest BCUT2D eigenvalue weighted by Crippen LogP contribution is -2.45. The Morgan fingerprint density at radius 2 is 1.07 bits per heavy atom. The summed E-state index contributed by atoms with van der Waals surface area (Å²) in [5, 5.41) is 6.20. The van der Waals surface area contributed by atoms with Gasteiger partial charge in [0.05, 0.1) is 31.0 Å². The highest BCUT2D eigenvalue weighted by Crippen LogP contribution is 2.26. The Kier molecular flexibility index (Phi) is 21.7. The third-order valence-electron chi connectivity index (χ3n) is 9.90. The summed E-state index contributed by atoms with van der Waals surface area (Å²) in [6, 6.07) is 22.0. The lowest BCUT2D eigenvalue weighted by molar-refractivity contribution is -0.152. The first-order valence-corrected chi connectivity index (χ1v) is 24.0. The standard InChI is InChI=1S/C24H32N2O7.C22H23NO4.C9H13NO5.CH4/c1-23(2,3)32-21(29)25-18(20(28)31-7)13-16(27)12-15-14-26(22(30)33-24(4,5)6)19-11-9-8-10-17(15)19;1-22(2,3)27-21(25)23-14-17(18-11-7-8-12-19(18)23)13-20(24)26-15-16-9-5-4-6-10-16;1-9(2,3)15-8(13)10-5-4-6(11)14-7(5)12;/h8-11,14,18H,12-13H2,1-7H3,(H,25,29);4-12,14H,13,15H2,1-3H3;5H,4H2,1-3H3,(H,10,13);1H4. The van der Waals surface area contributed by atoms with Gasteiger partial charge >= 0.3 is 48.3 Å². The van der Waals surface area contributed by atoms with Crippen LogP contribution in [0.5, 0.6) is 0 Å². The van der Waals surface area contributed by atoms with Gasteiger partial charge in [0.1, 0.15) is 46.9 Å². The molecular weight excluding hydrogens is 985 g/mol. The van der Waals surface area contributed by atoms with Crippen LogP contribution in [0, 0.1) is 0 Å². The highest BCUT2D eigenvalue weighted by Gasteiger charge is 2.36. The van der Waals surface area contributed by atoms with E-state index < -0.39 is 76.8 Å². The molecule has 1 aliphatic heterocycles. The zero-order chi connectivity index (χ0) is 56.1. The Morgan fingerprint density at radius 1 is 0.618 bits per heavy atom. The number of methoxy groups -OCH3 is 1. The first-order chi connectivity index (χ1) is 34.8. The lowest BCUT2D eigenvalue weighted by atomic mass is 10.0. The van der Waals surface area contributed by atoms with Gasteiger partial charge in [0.15, 0.2) is 0 Å². The topological polar surface area (TPSA) is 252 Å². The number of carbonyl (C=O) groups is 9. The van der Waals surface area contributed by atoms with E-state index in [4.69, 9.17) is 28.4 Å². The van der Waals surface area contributed by atoms with Crippen LogP contribution in [0.3, 0.4) is 0 Å². The van der Waals surface area contributed by atoms with E-state index in [2.05, 4.69) is 15.4 Å². The summed E-state index contributed by atoms with van der Waals surface area (Å²) in [5.74, 6) is -2.81.